The summed E-state index contributed by atoms with van der Waals surface area (Å²) in [7, 11) is 1.21. The van der Waals surface area contributed by atoms with Crippen molar-refractivity contribution in [3.63, 3.8) is 0 Å². The number of halogens is 1. The van der Waals surface area contributed by atoms with Crippen molar-refractivity contribution in [1.82, 2.24) is 0 Å². The Bertz CT molecular complexity index is 244. The van der Waals surface area contributed by atoms with Gasteiger partial charge < -0.3 is 4.74 Å². The fourth-order valence-electron chi connectivity index (χ4n) is 0.501. The van der Waals surface area contributed by atoms with Crippen molar-refractivity contribution in [2.75, 3.05) is 7.11 Å². The molecular weight excluding hydrogens is 155 g/mol. The summed E-state index contributed by atoms with van der Waals surface area (Å²) in [5, 5.41) is 1.93. The predicted octanol–water partition coefficient (Wildman–Crippen LogP) is 1.47. The van der Waals surface area contributed by atoms with Crippen LogP contribution in [0.2, 0.25) is 0 Å². The van der Waals surface area contributed by atoms with Gasteiger partial charge in [0.05, 0.1) is 7.11 Å². The lowest BCUT2D eigenvalue weighted by Gasteiger charge is -1.92. The molecule has 0 saturated carbocycles. The first-order valence-corrected chi connectivity index (χ1v) is 3.31. The van der Waals surface area contributed by atoms with E-state index in [1.165, 1.54) is 13.2 Å². The predicted molar refractivity (Wildman–Crippen MR) is 34.5 cm³/mol. The molecule has 4 heteroatoms. The van der Waals surface area contributed by atoms with Crippen LogP contribution in [0.3, 0.4) is 0 Å². The molecule has 1 rings (SSSR count). The number of ether oxygens (including phenoxy) is 1. The highest BCUT2D eigenvalue weighted by molar-refractivity contribution is 7.08. The van der Waals surface area contributed by atoms with E-state index in [1.54, 1.807) is 0 Å². The van der Waals surface area contributed by atoms with Crippen LogP contribution < -0.4 is 0 Å². The lowest BCUT2D eigenvalue weighted by atomic mass is 10.3. The minimum atomic E-state index is -0.657. The molecular formula is C6H4FO2S. The van der Waals surface area contributed by atoms with Crippen LogP contribution in [-0.4, -0.2) is 13.1 Å². The molecule has 10 heavy (non-hydrogen) atoms. The average molecular weight is 159 g/mol. The van der Waals surface area contributed by atoms with Crippen LogP contribution in [0.5, 0.6) is 0 Å². The fourth-order valence-corrected chi connectivity index (χ4v) is 1.03. The summed E-state index contributed by atoms with van der Waals surface area (Å²) < 4.78 is 16.8. The topological polar surface area (TPSA) is 26.3 Å². The molecule has 0 aliphatic carbocycles. The van der Waals surface area contributed by atoms with Crippen LogP contribution in [0.25, 0.3) is 0 Å². The zero-order valence-corrected chi connectivity index (χ0v) is 6.00. The summed E-state index contributed by atoms with van der Waals surface area (Å²) in [6.45, 7) is 0. The van der Waals surface area contributed by atoms with E-state index in [0.717, 1.165) is 11.3 Å². The highest BCUT2D eigenvalue weighted by atomic mass is 32.1. The molecule has 2 nitrogen and oxygen atoms in total. The highest BCUT2D eigenvalue weighted by Crippen LogP contribution is 2.13. The van der Waals surface area contributed by atoms with Crippen molar-refractivity contribution in [3.05, 3.63) is 22.1 Å². The third-order valence-electron chi connectivity index (χ3n) is 0.969. The van der Waals surface area contributed by atoms with Crippen molar-refractivity contribution in [2.45, 2.75) is 0 Å². The van der Waals surface area contributed by atoms with Crippen molar-refractivity contribution < 1.29 is 13.9 Å². The van der Waals surface area contributed by atoms with Gasteiger partial charge in [0.1, 0.15) is 5.56 Å². The molecule has 0 bridgehead atoms. The van der Waals surface area contributed by atoms with E-state index >= 15 is 0 Å². The number of hydrogen-bond donors (Lipinski definition) is 0. The number of rotatable bonds is 1. The molecule has 0 fully saturated rings. The van der Waals surface area contributed by atoms with Crippen LogP contribution >= 0.6 is 11.3 Å². The molecule has 0 aliphatic heterocycles. The number of hydrogen-bond acceptors (Lipinski definition) is 3. The molecule has 0 aromatic carbocycles. The van der Waals surface area contributed by atoms with Crippen LogP contribution in [0.4, 0.5) is 4.39 Å². The van der Waals surface area contributed by atoms with Gasteiger partial charge in [-0.05, 0) is 6.07 Å². The molecule has 53 valence electrons. The quantitative estimate of drug-likeness (QED) is 0.580. The van der Waals surface area contributed by atoms with Crippen molar-refractivity contribution in [3.8, 4) is 0 Å². The van der Waals surface area contributed by atoms with Gasteiger partial charge in [-0.25, -0.2) is 4.79 Å². The molecule has 0 saturated heterocycles. The monoisotopic (exact) mass is 159 g/mol. The second-order valence-corrected chi connectivity index (χ2v) is 2.34. The summed E-state index contributed by atoms with van der Waals surface area (Å²) in [5.41, 5.74) is -0.0486. The van der Waals surface area contributed by atoms with Crippen LogP contribution in [0, 0.1) is 10.5 Å². The van der Waals surface area contributed by atoms with Crippen molar-refractivity contribution in [1.29, 1.82) is 0 Å². The Hall–Kier alpha value is -0.900. The highest BCUT2D eigenvalue weighted by Gasteiger charge is 2.11. The molecule has 0 aliphatic rings. The average Bonchev–Trinajstić information content (AvgIpc) is 2.34. The van der Waals surface area contributed by atoms with Gasteiger partial charge in [-0.2, -0.15) is 4.39 Å². The maximum absolute atomic E-state index is 12.5. The van der Waals surface area contributed by atoms with Gasteiger partial charge in [0.15, 0.2) is 5.13 Å². The summed E-state index contributed by atoms with van der Waals surface area (Å²) in [6.07, 6.45) is 0. The Morgan fingerprint density at radius 3 is 3.00 bits per heavy atom. The molecule has 1 aromatic rings. The Morgan fingerprint density at radius 2 is 2.60 bits per heavy atom. The summed E-state index contributed by atoms with van der Waals surface area (Å²) in [6, 6.07) is 1.27. The van der Waals surface area contributed by atoms with Crippen molar-refractivity contribution in [2.24, 2.45) is 0 Å². The lowest BCUT2D eigenvalue weighted by molar-refractivity contribution is 0.0597. The van der Waals surface area contributed by atoms with Gasteiger partial charge in [0.25, 0.3) is 0 Å². The molecule has 0 unspecified atom stereocenters. The maximum Gasteiger partial charge on any atom is 0.341 e. The van der Waals surface area contributed by atoms with Gasteiger partial charge >= 0.3 is 5.97 Å². The normalized spacial score (nSPS) is 9.40. The zero-order chi connectivity index (χ0) is 7.56. The molecule has 1 aromatic heterocycles. The van der Waals surface area contributed by atoms with E-state index in [9.17, 15) is 9.18 Å². The zero-order valence-electron chi connectivity index (χ0n) is 5.18. The number of carbonyl (C=O) groups is 1. The lowest BCUT2D eigenvalue weighted by Crippen LogP contribution is -2.00. The van der Waals surface area contributed by atoms with E-state index in [-0.39, 0.29) is 5.56 Å². The molecule has 0 amide bonds. The Kier molecular flexibility index (Phi) is 2.01. The van der Waals surface area contributed by atoms with Gasteiger partial charge in [0.2, 0.25) is 0 Å². The van der Waals surface area contributed by atoms with E-state index in [1.807, 2.05) is 0 Å². The third-order valence-corrected chi connectivity index (χ3v) is 1.60. The fraction of sp³-hybridized carbons (Fsp3) is 0.167. The van der Waals surface area contributed by atoms with Crippen molar-refractivity contribution >= 4 is 17.3 Å². The number of carbonyl (C=O) groups excluding carboxylic acids is 1. The Labute approximate surface area is 61.2 Å². The van der Waals surface area contributed by atoms with Crippen LogP contribution in [-0.2, 0) is 4.74 Å². The third kappa shape index (κ3) is 1.16. The first-order chi connectivity index (χ1) is 4.75. The summed E-state index contributed by atoms with van der Waals surface area (Å²) >= 11 is 0.756. The van der Waals surface area contributed by atoms with E-state index in [4.69, 9.17) is 0 Å². The van der Waals surface area contributed by atoms with E-state index in [2.05, 4.69) is 10.1 Å². The molecule has 0 atom stereocenters. The number of thiophene rings is 1. The number of methoxy groups -OCH3 is 1. The first-order valence-electron chi connectivity index (χ1n) is 2.49. The van der Waals surface area contributed by atoms with Crippen LogP contribution in [0.15, 0.2) is 6.07 Å². The molecule has 1 radical (unpaired) electrons. The summed E-state index contributed by atoms with van der Waals surface area (Å²) in [5.74, 6) is -0.657. The van der Waals surface area contributed by atoms with Gasteiger partial charge in [0, 0.05) is 5.38 Å². The van der Waals surface area contributed by atoms with Gasteiger partial charge in [-0.1, -0.05) is 0 Å². The molecule has 1 heterocycles. The Balaban J connectivity index is 2.93. The van der Waals surface area contributed by atoms with E-state index in [0.29, 0.717) is 0 Å². The van der Waals surface area contributed by atoms with E-state index < -0.39 is 11.1 Å². The minimum Gasteiger partial charge on any atom is -0.465 e. The second-order valence-electron chi connectivity index (χ2n) is 1.54. The largest absolute Gasteiger partial charge is 0.465 e. The van der Waals surface area contributed by atoms with Gasteiger partial charge in [-0.15, -0.1) is 11.3 Å². The second kappa shape index (κ2) is 2.79. The van der Waals surface area contributed by atoms with Gasteiger partial charge in [-0.3, -0.25) is 0 Å². The summed E-state index contributed by atoms with van der Waals surface area (Å²) in [4.78, 5) is 10.6. The Morgan fingerprint density at radius 1 is 1.90 bits per heavy atom. The smallest absolute Gasteiger partial charge is 0.341 e. The molecule has 0 N–H and O–H groups in total. The standard InChI is InChI=1S/C6H4FO2S/c1-9-6(8)4-2-3-10-5(4)7/h2H,1H3. The maximum atomic E-state index is 12.5. The minimum absolute atomic E-state index is 0.0486. The number of esters is 1. The SMILES string of the molecule is COC(=O)c1c[c]sc1F. The first kappa shape index (κ1) is 7.21. The van der Waals surface area contributed by atoms with Crippen LogP contribution in [0.1, 0.15) is 10.4 Å². The molecule has 0 spiro atoms.